The topological polar surface area (TPSA) is 46.2 Å². The minimum atomic E-state index is -3.31. The summed E-state index contributed by atoms with van der Waals surface area (Å²) in [6.07, 6.45) is 0.681. The van der Waals surface area contributed by atoms with Crippen LogP contribution in [0.25, 0.3) is 0 Å². The zero-order valence-electron chi connectivity index (χ0n) is 10.9. The molecule has 0 saturated heterocycles. The molecule has 3 nitrogen and oxygen atoms in total. The molecule has 0 aliphatic rings. The maximum atomic E-state index is 11.9. The van der Waals surface area contributed by atoms with Crippen molar-refractivity contribution < 1.29 is 8.42 Å². The van der Waals surface area contributed by atoms with Crippen LogP contribution >= 0.6 is 11.6 Å². The van der Waals surface area contributed by atoms with E-state index in [1.165, 1.54) is 0 Å². The molecule has 0 radical (unpaired) electrons. The molecule has 106 valence electrons. The largest absolute Gasteiger partial charge is 0.215 e. The Morgan fingerprint density at radius 1 is 0.900 bits per heavy atom. The Morgan fingerprint density at radius 3 is 2.20 bits per heavy atom. The molecular formula is C15H16ClNO2S. The van der Waals surface area contributed by atoms with Crippen molar-refractivity contribution in [1.29, 1.82) is 0 Å². The van der Waals surface area contributed by atoms with Gasteiger partial charge in [0, 0.05) is 11.6 Å². The van der Waals surface area contributed by atoms with E-state index in [4.69, 9.17) is 11.6 Å². The average Bonchev–Trinajstić information content (AvgIpc) is 2.42. The molecule has 0 spiro atoms. The van der Waals surface area contributed by atoms with Gasteiger partial charge in [0.2, 0.25) is 10.0 Å². The molecule has 0 aromatic heterocycles. The van der Waals surface area contributed by atoms with Gasteiger partial charge in [0.1, 0.15) is 0 Å². The lowest BCUT2D eigenvalue weighted by atomic mass is 10.2. The van der Waals surface area contributed by atoms with Crippen molar-refractivity contribution in [3.05, 3.63) is 70.7 Å². The third kappa shape index (κ3) is 4.96. The summed E-state index contributed by atoms with van der Waals surface area (Å²) in [5.41, 5.74) is 1.84. The number of halogens is 1. The van der Waals surface area contributed by atoms with Gasteiger partial charge in [-0.15, -0.1) is 0 Å². The highest BCUT2D eigenvalue weighted by Crippen LogP contribution is 2.11. The van der Waals surface area contributed by atoms with E-state index in [1.807, 2.05) is 30.3 Å². The fourth-order valence-corrected chi connectivity index (χ4v) is 3.12. The fraction of sp³-hybridized carbons (Fsp3) is 0.200. The van der Waals surface area contributed by atoms with Gasteiger partial charge < -0.3 is 0 Å². The average molecular weight is 310 g/mol. The first kappa shape index (κ1) is 15.0. The fourth-order valence-electron chi connectivity index (χ4n) is 1.85. The van der Waals surface area contributed by atoms with Crippen LogP contribution < -0.4 is 4.72 Å². The standard InChI is InChI=1S/C15H16ClNO2S/c16-15-8-6-14(7-9-15)12-20(18,19)17-11-10-13-4-2-1-3-5-13/h1-9,17H,10-12H2. The predicted octanol–water partition coefficient (Wildman–Crippen LogP) is 3.00. The van der Waals surface area contributed by atoms with E-state index >= 15 is 0 Å². The van der Waals surface area contributed by atoms with Crippen LogP contribution in [0.1, 0.15) is 11.1 Å². The molecule has 0 aliphatic carbocycles. The number of hydrogen-bond acceptors (Lipinski definition) is 2. The van der Waals surface area contributed by atoms with Gasteiger partial charge in [0.25, 0.3) is 0 Å². The summed E-state index contributed by atoms with van der Waals surface area (Å²) in [6.45, 7) is 0.403. The van der Waals surface area contributed by atoms with Crippen molar-refractivity contribution in [2.75, 3.05) is 6.54 Å². The van der Waals surface area contributed by atoms with Crippen molar-refractivity contribution >= 4 is 21.6 Å². The summed E-state index contributed by atoms with van der Waals surface area (Å²) < 4.78 is 26.5. The zero-order valence-corrected chi connectivity index (χ0v) is 12.5. The summed E-state index contributed by atoms with van der Waals surface area (Å²) in [5.74, 6) is -0.0288. The second kappa shape index (κ2) is 6.88. The lowest BCUT2D eigenvalue weighted by Crippen LogP contribution is -2.27. The van der Waals surface area contributed by atoms with Crippen LogP contribution in [0, 0.1) is 0 Å². The molecule has 0 atom stereocenters. The van der Waals surface area contributed by atoms with E-state index in [2.05, 4.69) is 4.72 Å². The van der Waals surface area contributed by atoms with Crippen molar-refractivity contribution in [1.82, 2.24) is 4.72 Å². The van der Waals surface area contributed by atoms with Crippen molar-refractivity contribution in [3.8, 4) is 0 Å². The van der Waals surface area contributed by atoms with E-state index in [1.54, 1.807) is 24.3 Å². The first-order valence-corrected chi connectivity index (χ1v) is 8.34. The van der Waals surface area contributed by atoms with E-state index in [9.17, 15) is 8.42 Å². The van der Waals surface area contributed by atoms with Crippen LogP contribution in [0.3, 0.4) is 0 Å². The first-order valence-electron chi connectivity index (χ1n) is 6.31. The Labute approximate surface area is 124 Å². The molecule has 0 aliphatic heterocycles. The lowest BCUT2D eigenvalue weighted by molar-refractivity contribution is 0.581. The summed E-state index contributed by atoms with van der Waals surface area (Å²) in [5, 5.41) is 0.600. The molecular weight excluding hydrogens is 294 g/mol. The highest BCUT2D eigenvalue weighted by Gasteiger charge is 2.10. The van der Waals surface area contributed by atoms with Gasteiger partial charge in [0.05, 0.1) is 5.75 Å². The van der Waals surface area contributed by atoms with Gasteiger partial charge in [-0.3, -0.25) is 0 Å². The maximum Gasteiger partial charge on any atom is 0.215 e. The number of benzene rings is 2. The van der Waals surface area contributed by atoms with Crippen molar-refractivity contribution in [2.45, 2.75) is 12.2 Å². The second-order valence-corrected chi connectivity index (χ2v) is 6.76. The van der Waals surface area contributed by atoms with Crippen LogP contribution in [-0.2, 0) is 22.2 Å². The van der Waals surface area contributed by atoms with Crippen LogP contribution in [-0.4, -0.2) is 15.0 Å². The summed E-state index contributed by atoms with van der Waals surface area (Å²) in [7, 11) is -3.31. The molecule has 0 amide bonds. The quantitative estimate of drug-likeness (QED) is 0.891. The molecule has 0 bridgehead atoms. The third-order valence-electron chi connectivity index (χ3n) is 2.85. The smallest absolute Gasteiger partial charge is 0.215 e. The van der Waals surface area contributed by atoms with Crippen LogP contribution in [0.2, 0.25) is 5.02 Å². The Hall–Kier alpha value is -1.36. The predicted molar refractivity (Wildman–Crippen MR) is 82.2 cm³/mol. The maximum absolute atomic E-state index is 11.9. The van der Waals surface area contributed by atoms with Gasteiger partial charge in [-0.1, -0.05) is 54.1 Å². The number of sulfonamides is 1. The second-order valence-electron chi connectivity index (χ2n) is 4.52. The van der Waals surface area contributed by atoms with E-state index in [-0.39, 0.29) is 5.75 Å². The molecule has 0 fully saturated rings. The minimum Gasteiger partial charge on any atom is -0.215 e. The molecule has 0 heterocycles. The highest BCUT2D eigenvalue weighted by atomic mass is 35.5. The van der Waals surface area contributed by atoms with E-state index in [0.29, 0.717) is 18.0 Å². The Bertz CT molecular complexity index is 639. The van der Waals surface area contributed by atoms with Gasteiger partial charge in [-0.05, 0) is 29.7 Å². The molecule has 2 aromatic carbocycles. The lowest BCUT2D eigenvalue weighted by Gasteiger charge is -2.07. The van der Waals surface area contributed by atoms with Crippen LogP contribution in [0.5, 0.6) is 0 Å². The van der Waals surface area contributed by atoms with Gasteiger partial charge in [0.15, 0.2) is 0 Å². The van der Waals surface area contributed by atoms with E-state index < -0.39 is 10.0 Å². The SMILES string of the molecule is O=S(=O)(Cc1ccc(Cl)cc1)NCCc1ccccc1. The van der Waals surface area contributed by atoms with Crippen molar-refractivity contribution in [2.24, 2.45) is 0 Å². The molecule has 1 N–H and O–H groups in total. The summed E-state index contributed by atoms with van der Waals surface area (Å²) >= 11 is 5.77. The number of nitrogens with one attached hydrogen (secondary N) is 1. The van der Waals surface area contributed by atoms with Crippen molar-refractivity contribution in [3.63, 3.8) is 0 Å². The molecule has 2 rings (SSSR count). The summed E-state index contributed by atoms with van der Waals surface area (Å²) in [4.78, 5) is 0. The van der Waals surface area contributed by atoms with Crippen LogP contribution in [0.15, 0.2) is 54.6 Å². The van der Waals surface area contributed by atoms with Gasteiger partial charge >= 0.3 is 0 Å². The Balaban J connectivity index is 1.86. The monoisotopic (exact) mass is 309 g/mol. The Morgan fingerprint density at radius 2 is 1.55 bits per heavy atom. The molecule has 0 unspecified atom stereocenters. The minimum absolute atomic E-state index is 0.0288. The zero-order chi connectivity index (χ0) is 14.4. The molecule has 20 heavy (non-hydrogen) atoms. The molecule has 0 saturated carbocycles. The molecule has 5 heteroatoms. The number of hydrogen-bond donors (Lipinski definition) is 1. The molecule has 2 aromatic rings. The summed E-state index contributed by atoms with van der Waals surface area (Å²) in [6, 6.07) is 16.6. The third-order valence-corrected chi connectivity index (χ3v) is 4.46. The number of rotatable bonds is 6. The highest BCUT2D eigenvalue weighted by molar-refractivity contribution is 7.88. The van der Waals surface area contributed by atoms with Gasteiger partial charge in [-0.25, -0.2) is 13.1 Å². The normalized spacial score (nSPS) is 11.4. The van der Waals surface area contributed by atoms with Gasteiger partial charge in [-0.2, -0.15) is 0 Å². The Kier molecular flexibility index (Phi) is 5.17. The van der Waals surface area contributed by atoms with E-state index in [0.717, 1.165) is 11.1 Å². The first-order chi connectivity index (χ1) is 9.55. The van der Waals surface area contributed by atoms with Crippen LogP contribution in [0.4, 0.5) is 0 Å².